The number of nitrogens with one attached hydrogen (secondary N) is 1. The van der Waals surface area contributed by atoms with Crippen LogP contribution < -0.4 is 5.32 Å². The number of aliphatic carboxylic acids is 1. The number of amides is 1. The minimum Gasteiger partial charge on any atom is -0.475 e. The average Bonchev–Trinajstić information content (AvgIpc) is 3.12. The van der Waals surface area contributed by atoms with E-state index in [1.807, 2.05) is 6.92 Å². The summed E-state index contributed by atoms with van der Waals surface area (Å²) >= 11 is 6.89. The molecule has 0 radical (unpaired) electrons. The molecule has 0 aliphatic carbocycles. The number of carbonyl (C=O) groups is 2. The molecule has 172 valence electrons. The van der Waals surface area contributed by atoms with Crippen LogP contribution >= 0.6 is 22.9 Å². The van der Waals surface area contributed by atoms with Crippen LogP contribution in [-0.2, 0) is 19.6 Å². The van der Waals surface area contributed by atoms with Crippen molar-refractivity contribution in [3.63, 3.8) is 0 Å². The predicted octanol–water partition coefficient (Wildman–Crippen LogP) is 2.26. The molecule has 14 heteroatoms. The normalized spacial score (nSPS) is 14.9. The fourth-order valence-electron chi connectivity index (χ4n) is 2.46. The summed E-state index contributed by atoms with van der Waals surface area (Å²) in [5.41, 5.74) is 0. The van der Waals surface area contributed by atoms with Gasteiger partial charge in [0, 0.05) is 45.7 Å². The quantitative estimate of drug-likeness (QED) is 0.603. The number of rotatable bonds is 7. The number of piperazine rings is 1. The zero-order valence-electron chi connectivity index (χ0n) is 16.1. The molecule has 1 saturated heterocycles. The molecule has 30 heavy (non-hydrogen) atoms. The number of carboxylic acid groups (broad SMARTS) is 1. The smallest absolute Gasteiger partial charge is 0.475 e. The van der Waals surface area contributed by atoms with Gasteiger partial charge in [-0.05, 0) is 18.6 Å². The Morgan fingerprint density at radius 2 is 1.83 bits per heavy atom. The molecule has 1 aromatic rings. The van der Waals surface area contributed by atoms with Crippen LogP contribution in [0.25, 0.3) is 0 Å². The van der Waals surface area contributed by atoms with Crippen LogP contribution in [0.15, 0.2) is 16.3 Å². The van der Waals surface area contributed by atoms with Crippen molar-refractivity contribution in [1.82, 2.24) is 14.5 Å². The molecule has 2 heterocycles. The summed E-state index contributed by atoms with van der Waals surface area (Å²) in [5, 5.41) is 10.3. The number of carboxylic acids is 1. The Balaban J connectivity index is 0.000000553. The average molecular weight is 494 g/mol. The highest BCUT2D eigenvalue weighted by Crippen LogP contribution is 2.28. The van der Waals surface area contributed by atoms with Crippen LogP contribution in [0, 0.1) is 0 Å². The Hall–Kier alpha value is -1.41. The minimum absolute atomic E-state index is 0.00650. The van der Waals surface area contributed by atoms with Crippen molar-refractivity contribution in [2.45, 2.75) is 30.2 Å². The van der Waals surface area contributed by atoms with E-state index in [0.29, 0.717) is 30.4 Å². The molecular weight excluding hydrogens is 471 g/mol. The molecule has 2 rings (SSSR count). The lowest BCUT2D eigenvalue weighted by molar-refractivity contribution is -0.192. The Morgan fingerprint density at radius 3 is 2.27 bits per heavy atom. The lowest BCUT2D eigenvalue weighted by Gasteiger charge is -2.28. The fraction of sp³-hybridized carbons (Fsp3) is 0.625. The van der Waals surface area contributed by atoms with Crippen LogP contribution in [0.1, 0.15) is 19.8 Å². The van der Waals surface area contributed by atoms with Crippen molar-refractivity contribution in [1.29, 1.82) is 0 Å². The molecule has 0 unspecified atom stereocenters. The number of hydrogen-bond acceptors (Lipinski definition) is 6. The molecule has 0 spiro atoms. The van der Waals surface area contributed by atoms with Gasteiger partial charge in [0.25, 0.3) is 10.0 Å². The van der Waals surface area contributed by atoms with Crippen molar-refractivity contribution in [2.24, 2.45) is 0 Å². The second-order valence-electron chi connectivity index (χ2n) is 6.15. The third kappa shape index (κ3) is 8.38. The molecule has 1 fully saturated rings. The highest BCUT2D eigenvalue weighted by atomic mass is 35.5. The summed E-state index contributed by atoms with van der Waals surface area (Å²) in [6, 6.07) is 3.10. The Kier molecular flexibility index (Phi) is 10.5. The van der Waals surface area contributed by atoms with E-state index >= 15 is 0 Å². The highest BCUT2D eigenvalue weighted by molar-refractivity contribution is 7.91. The van der Waals surface area contributed by atoms with Crippen molar-refractivity contribution in [3.8, 4) is 0 Å². The van der Waals surface area contributed by atoms with Gasteiger partial charge in [-0.25, -0.2) is 13.2 Å². The molecule has 0 bridgehead atoms. The maximum atomic E-state index is 12.7. The van der Waals surface area contributed by atoms with Crippen LogP contribution in [0.3, 0.4) is 0 Å². The number of alkyl halides is 3. The Morgan fingerprint density at radius 1 is 1.27 bits per heavy atom. The lowest BCUT2D eigenvalue weighted by Crippen LogP contribution is -2.47. The second kappa shape index (κ2) is 11.8. The van der Waals surface area contributed by atoms with E-state index < -0.39 is 22.2 Å². The largest absolute Gasteiger partial charge is 0.490 e. The monoisotopic (exact) mass is 493 g/mol. The topological polar surface area (TPSA) is 107 Å². The van der Waals surface area contributed by atoms with Gasteiger partial charge in [-0.3, -0.25) is 4.79 Å². The van der Waals surface area contributed by atoms with E-state index in [9.17, 15) is 26.4 Å². The van der Waals surface area contributed by atoms with Gasteiger partial charge in [0.1, 0.15) is 4.21 Å². The van der Waals surface area contributed by atoms with Crippen molar-refractivity contribution in [3.05, 3.63) is 16.5 Å². The van der Waals surface area contributed by atoms with Crippen LogP contribution in [-0.4, -0.2) is 80.1 Å². The molecule has 1 aliphatic heterocycles. The van der Waals surface area contributed by atoms with Gasteiger partial charge < -0.3 is 15.3 Å². The second-order valence-corrected chi connectivity index (χ2v) is 10.0. The Labute approximate surface area is 181 Å². The molecule has 0 saturated carbocycles. The fourth-order valence-corrected chi connectivity index (χ4v) is 5.63. The van der Waals surface area contributed by atoms with Crippen LogP contribution in [0.5, 0.6) is 0 Å². The van der Waals surface area contributed by atoms with Gasteiger partial charge >= 0.3 is 12.1 Å². The molecule has 1 amide bonds. The first kappa shape index (κ1) is 26.6. The zero-order chi connectivity index (χ0) is 22.9. The van der Waals surface area contributed by atoms with E-state index in [1.165, 1.54) is 10.4 Å². The van der Waals surface area contributed by atoms with Crippen molar-refractivity contribution >= 4 is 44.8 Å². The molecule has 2 N–H and O–H groups in total. The standard InChI is InChI=1S/C14H22ClN3O3S2.C2HF3O2/c1-2-8-18(23(20,21)14-4-3-12(15)22-14)9-5-13(19)17-10-6-16-7-11-17;3-2(4,5)1(6)7/h3-4,16H,2,5-11H2,1H3;(H,6,7). The number of thiophene rings is 1. The van der Waals surface area contributed by atoms with E-state index in [1.54, 1.807) is 11.0 Å². The van der Waals surface area contributed by atoms with E-state index in [-0.39, 0.29) is 23.1 Å². The third-order valence-electron chi connectivity index (χ3n) is 3.90. The minimum atomic E-state index is -5.08. The van der Waals surface area contributed by atoms with E-state index in [2.05, 4.69) is 5.32 Å². The summed E-state index contributed by atoms with van der Waals surface area (Å²) in [7, 11) is -3.58. The first-order valence-electron chi connectivity index (χ1n) is 8.93. The Bertz CT molecular complexity index is 811. The first-order valence-corrected chi connectivity index (χ1v) is 11.6. The highest BCUT2D eigenvalue weighted by Gasteiger charge is 2.38. The van der Waals surface area contributed by atoms with Crippen LogP contribution in [0.2, 0.25) is 4.34 Å². The van der Waals surface area contributed by atoms with Gasteiger partial charge in [-0.2, -0.15) is 17.5 Å². The number of sulfonamides is 1. The number of hydrogen-bond donors (Lipinski definition) is 2. The summed E-state index contributed by atoms with van der Waals surface area (Å²) in [4.78, 5) is 22.9. The number of carbonyl (C=O) groups excluding carboxylic acids is 1. The van der Waals surface area contributed by atoms with Crippen LogP contribution in [0.4, 0.5) is 13.2 Å². The summed E-state index contributed by atoms with van der Waals surface area (Å²) in [6.45, 7) is 5.45. The lowest BCUT2D eigenvalue weighted by atomic mass is 10.3. The molecule has 0 atom stereocenters. The van der Waals surface area contributed by atoms with E-state index in [0.717, 1.165) is 24.4 Å². The van der Waals surface area contributed by atoms with Crippen molar-refractivity contribution < 1.29 is 36.3 Å². The van der Waals surface area contributed by atoms with Gasteiger partial charge in [0.2, 0.25) is 5.91 Å². The van der Waals surface area contributed by atoms with E-state index in [4.69, 9.17) is 21.5 Å². The maximum absolute atomic E-state index is 12.7. The maximum Gasteiger partial charge on any atom is 0.490 e. The first-order chi connectivity index (χ1) is 13.9. The molecule has 0 aromatic carbocycles. The van der Waals surface area contributed by atoms with Gasteiger partial charge in [-0.1, -0.05) is 18.5 Å². The molecule has 1 aliphatic rings. The summed E-state index contributed by atoms with van der Waals surface area (Å²) in [6.07, 6.45) is -4.18. The number of nitrogens with zero attached hydrogens (tertiary/aromatic N) is 2. The predicted molar refractivity (Wildman–Crippen MR) is 106 cm³/mol. The molecule has 8 nitrogen and oxygen atoms in total. The van der Waals surface area contributed by atoms with Crippen molar-refractivity contribution in [2.75, 3.05) is 39.3 Å². The summed E-state index contributed by atoms with van der Waals surface area (Å²) < 4.78 is 59.1. The zero-order valence-corrected chi connectivity index (χ0v) is 18.5. The van der Waals surface area contributed by atoms with Gasteiger partial charge in [0.05, 0.1) is 4.34 Å². The van der Waals surface area contributed by atoms with Gasteiger partial charge in [0.15, 0.2) is 0 Å². The van der Waals surface area contributed by atoms with Gasteiger partial charge in [-0.15, -0.1) is 11.3 Å². The summed E-state index contributed by atoms with van der Waals surface area (Å²) in [5.74, 6) is -2.75. The third-order valence-corrected chi connectivity index (χ3v) is 7.50. The molecular formula is C16H23ClF3N3O5S2. The molecule has 1 aromatic heterocycles. The SMILES string of the molecule is CCCN(CCC(=O)N1CCNCC1)S(=O)(=O)c1ccc(Cl)s1.O=C(O)C(F)(F)F. The number of halogens is 4.